The zero-order valence-electron chi connectivity index (χ0n) is 21.5. The Morgan fingerprint density at radius 1 is 1.05 bits per heavy atom. The van der Waals surface area contributed by atoms with Crippen molar-refractivity contribution in [1.82, 2.24) is 14.3 Å². The van der Waals surface area contributed by atoms with E-state index >= 15 is 0 Å². The standard InChI is InChI=1S/C28H30FN5O2S2/c1-3-4-5-12-34-27(36)23(38-28(34)37)18-22-25(30-24-19(2)7-6-13-33(24)26(22)35)32-16-14-31(15-17-32)21-10-8-20(29)9-11-21/h6-11,13,18H,3-5,12,14-17H2,1-2H3/b23-18-. The van der Waals surface area contributed by atoms with E-state index in [2.05, 4.69) is 16.7 Å². The van der Waals surface area contributed by atoms with Gasteiger partial charge in [-0.2, -0.15) is 0 Å². The van der Waals surface area contributed by atoms with Crippen LogP contribution in [0.3, 0.4) is 0 Å². The normalized spacial score (nSPS) is 17.3. The number of aromatic nitrogens is 2. The number of thioether (sulfide) groups is 1. The minimum atomic E-state index is -0.260. The van der Waals surface area contributed by atoms with Gasteiger partial charge in [0.25, 0.3) is 11.5 Å². The molecule has 10 heteroatoms. The molecule has 0 unspecified atom stereocenters. The van der Waals surface area contributed by atoms with Gasteiger partial charge in [0, 0.05) is 44.6 Å². The number of hydrogen-bond donors (Lipinski definition) is 0. The second kappa shape index (κ2) is 11.2. The van der Waals surface area contributed by atoms with E-state index < -0.39 is 0 Å². The molecule has 2 aromatic heterocycles. The lowest BCUT2D eigenvalue weighted by Crippen LogP contribution is -2.47. The molecule has 1 aromatic carbocycles. The molecule has 4 heterocycles. The topological polar surface area (TPSA) is 61.2 Å². The molecular weight excluding hydrogens is 521 g/mol. The minimum absolute atomic E-state index is 0.156. The van der Waals surface area contributed by atoms with Crippen LogP contribution in [0, 0.1) is 12.7 Å². The molecule has 2 saturated heterocycles. The first kappa shape index (κ1) is 26.4. The molecule has 2 fully saturated rings. The number of hydrogen-bond acceptors (Lipinski definition) is 7. The molecule has 5 rings (SSSR count). The third-order valence-corrected chi connectivity index (χ3v) is 8.35. The van der Waals surface area contributed by atoms with Gasteiger partial charge < -0.3 is 9.80 Å². The van der Waals surface area contributed by atoms with Crippen LogP contribution < -0.4 is 15.4 Å². The van der Waals surface area contributed by atoms with E-state index in [9.17, 15) is 14.0 Å². The number of nitrogens with zero attached hydrogens (tertiary/aromatic N) is 5. The van der Waals surface area contributed by atoms with Crippen LogP contribution in [0.25, 0.3) is 11.7 Å². The highest BCUT2D eigenvalue weighted by atomic mass is 32.2. The van der Waals surface area contributed by atoms with Crippen LogP contribution in [0.2, 0.25) is 0 Å². The van der Waals surface area contributed by atoms with Crippen molar-refractivity contribution in [3.8, 4) is 0 Å². The summed E-state index contributed by atoms with van der Waals surface area (Å²) >= 11 is 6.74. The summed E-state index contributed by atoms with van der Waals surface area (Å²) < 4.78 is 15.5. The molecule has 0 bridgehead atoms. The highest BCUT2D eigenvalue weighted by Crippen LogP contribution is 2.34. The van der Waals surface area contributed by atoms with Crippen LogP contribution in [-0.4, -0.2) is 57.2 Å². The van der Waals surface area contributed by atoms with E-state index in [1.807, 2.05) is 19.1 Å². The first-order valence-electron chi connectivity index (χ1n) is 12.9. The lowest BCUT2D eigenvalue weighted by molar-refractivity contribution is -0.122. The molecule has 38 heavy (non-hydrogen) atoms. The molecule has 7 nitrogen and oxygen atoms in total. The maximum atomic E-state index is 13.8. The van der Waals surface area contributed by atoms with Gasteiger partial charge in [-0.1, -0.05) is 49.8 Å². The molecular formula is C28H30FN5O2S2. The van der Waals surface area contributed by atoms with Crippen molar-refractivity contribution in [3.05, 3.63) is 74.8 Å². The maximum absolute atomic E-state index is 13.8. The van der Waals surface area contributed by atoms with Gasteiger partial charge in [-0.25, -0.2) is 9.37 Å². The number of rotatable bonds is 7. The number of anilines is 2. The molecule has 1 amide bonds. The van der Waals surface area contributed by atoms with Crippen LogP contribution in [0.1, 0.15) is 37.3 Å². The number of piperazine rings is 1. The first-order valence-corrected chi connectivity index (χ1v) is 14.1. The van der Waals surface area contributed by atoms with Gasteiger partial charge in [0.1, 0.15) is 21.6 Å². The van der Waals surface area contributed by atoms with Crippen LogP contribution in [0.4, 0.5) is 15.9 Å². The van der Waals surface area contributed by atoms with Crippen molar-refractivity contribution in [2.75, 3.05) is 42.5 Å². The van der Waals surface area contributed by atoms with Crippen molar-refractivity contribution in [3.63, 3.8) is 0 Å². The third kappa shape index (κ3) is 5.19. The van der Waals surface area contributed by atoms with Crippen molar-refractivity contribution in [2.24, 2.45) is 0 Å². The monoisotopic (exact) mass is 551 g/mol. The predicted octanol–water partition coefficient (Wildman–Crippen LogP) is 4.86. The van der Waals surface area contributed by atoms with Crippen molar-refractivity contribution in [1.29, 1.82) is 0 Å². The van der Waals surface area contributed by atoms with Gasteiger partial charge in [-0.15, -0.1) is 0 Å². The summed E-state index contributed by atoms with van der Waals surface area (Å²) in [7, 11) is 0. The molecule has 0 N–H and O–H groups in total. The molecule has 0 atom stereocenters. The summed E-state index contributed by atoms with van der Waals surface area (Å²) in [5.74, 6) is 0.153. The molecule has 0 radical (unpaired) electrons. The Kier molecular flexibility index (Phi) is 7.80. The van der Waals surface area contributed by atoms with Crippen LogP contribution in [0.5, 0.6) is 0 Å². The maximum Gasteiger partial charge on any atom is 0.267 e. The average Bonchev–Trinajstić information content (AvgIpc) is 3.18. The number of fused-ring (bicyclic) bond motifs is 1. The number of unbranched alkanes of at least 4 members (excludes halogenated alkanes) is 2. The van der Waals surface area contributed by atoms with Crippen molar-refractivity contribution in [2.45, 2.75) is 33.1 Å². The number of thiocarbonyl (C=S) groups is 1. The van der Waals surface area contributed by atoms with Gasteiger partial charge in [0.2, 0.25) is 0 Å². The van der Waals surface area contributed by atoms with E-state index in [0.717, 1.165) is 30.5 Å². The fourth-order valence-corrected chi connectivity index (χ4v) is 6.13. The highest BCUT2D eigenvalue weighted by molar-refractivity contribution is 8.26. The molecule has 198 valence electrons. The Morgan fingerprint density at radius 2 is 1.76 bits per heavy atom. The average molecular weight is 552 g/mol. The summed E-state index contributed by atoms with van der Waals surface area (Å²) in [6, 6.07) is 10.2. The largest absolute Gasteiger partial charge is 0.368 e. The predicted molar refractivity (Wildman–Crippen MR) is 156 cm³/mol. The fourth-order valence-electron chi connectivity index (χ4n) is 4.84. The van der Waals surface area contributed by atoms with E-state index in [-0.39, 0.29) is 17.3 Å². The molecule has 2 aliphatic heterocycles. The van der Waals surface area contributed by atoms with Gasteiger partial charge in [0.05, 0.1) is 10.5 Å². The van der Waals surface area contributed by atoms with Crippen LogP contribution >= 0.6 is 24.0 Å². The van der Waals surface area contributed by atoms with Gasteiger partial charge in [0.15, 0.2) is 0 Å². The molecule has 0 spiro atoms. The second-order valence-corrected chi connectivity index (χ2v) is 11.2. The highest BCUT2D eigenvalue weighted by Gasteiger charge is 2.33. The number of amides is 1. The molecule has 0 saturated carbocycles. The number of carbonyl (C=O) groups excluding carboxylic acids is 1. The number of carbonyl (C=O) groups is 1. The SMILES string of the molecule is CCCCCN1C(=O)/C(=C/c2c(N3CCN(c4ccc(F)cc4)CC3)nc3c(C)cccn3c2=O)SC1=S. The quantitative estimate of drug-likeness (QED) is 0.236. The van der Waals surface area contributed by atoms with E-state index in [1.54, 1.807) is 33.7 Å². The summed E-state index contributed by atoms with van der Waals surface area (Å²) in [6.45, 7) is 7.28. The Balaban J connectivity index is 1.49. The Morgan fingerprint density at radius 3 is 2.47 bits per heavy atom. The lowest BCUT2D eigenvalue weighted by atomic mass is 10.2. The third-order valence-electron chi connectivity index (χ3n) is 6.97. The van der Waals surface area contributed by atoms with Crippen LogP contribution in [-0.2, 0) is 4.79 Å². The summed E-state index contributed by atoms with van der Waals surface area (Å²) in [4.78, 5) is 38.3. The van der Waals surface area contributed by atoms with E-state index in [1.165, 1.54) is 23.9 Å². The lowest BCUT2D eigenvalue weighted by Gasteiger charge is -2.37. The van der Waals surface area contributed by atoms with Gasteiger partial charge in [-0.3, -0.25) is 18.9 Å². The summed E-state index contributed by atoms with van der Waals surface area (Å²) in [6.07, 6.45) is 6.35. The van der Waals surface area contributed by atoms with Gasteiger partial charge in [-0.05, 0) is 55.3 Å². The molecule has 2 aliphatic rings. The van der Waals surface area contributed by atoms with Crippen molar-refractivity contribution >= 4 is 57.4 Å². The van der Waals surface area contributed by atoms with Crippen LogP contribution in [0.15, 0.2) is 52.3 Å². The first-order chi connectivity index (χ1) is 18.4. The molecule has 0 aliphatic carbocycles. The Bertz CT molecular complexity index is 1460. The Hall–Kier alpha value is -3.24. The van der Waals surface area contributed by atoms with Gasteiger partial charge >= 0.3 is 0 Å². The number of halogens is 1. The van der Waals surface area contributed by atoms with E-state index in [4.69, 9.17) is 17.2 Å². The van der Waals surface area contributed by atoms with E-state index in [0.29, 0.717) is 59.0 Å². The van der Waals surface area contributed by atoms with Crippen molar-refractivity contribution < 1.29 is 9.18 Å². The summed E-state index contributed by atoms with van der Waals surface area (Å²) in [5.41, 5.74) is 2.62. The minimum Gasteiger partial charge on any atom is -0.368 e. The fraction of sp³-hybridized carbons (Fsp3) is 0.357. The second-order valence-electron chi connectivity index (χ2n) is 9.53. The smallest absolute Gasteiger partial charge is 0.267 e. The summed E-state index contributed by atoms with van der Waals surface area (Å²) in [5, 5.41) is 0. The number of pyridine rings is 1. The zero-order chi connectivity index (χ0) is 26.8. The zero-order valence-corrected chi connectivity index (χ0v) is 23.2. The molecule has 3 aromatic rings. The number of aryl methyl sites for hydroxylation is 1. The number of benzene rings is 1. The Labute approximate surface area is 230 Å².